The maximum atomic E-state index is 12.8. The number of hydrogen-bond acceptors (Lipinski definition) is 3. The summed E-state index contributed by atoms with van der Waals surface area (Å²) in [5.74, 6) is -0.430. The summed E-state index contributed by atoms with van der Waals surface area (Å²) in [6, 6.07) is 13.0. The van der Waals surface area contributed by atoms with Crippen molar-refractivity contribution in [2.24, 2.45) is 0 Å². The highest BCUT2D eigenvalue weighted by Gasteiger charge is 2.35. The van der Waals surface area contributed by atoms with Crippen LogP contribution in [0.25, 0.3) is 10.8 Å². The standard InChI is InChI=1S/C17H17NO3/c1-21-17(20)15-10-5-11-18(15)16(19)14-9-4-7-12-6-2-3-8-13(12)14/h2-4,6-9,15H,5,10-11H2,1H3/t15-/m0/s1. The Morgan fingerprint density at radius 3 is 2.71 bits per heavy atom. The maximum Gasteiger partial charge on any atom is 0.328 e. The summed E-state index contributed by atoms with van der Waals surface area (Å²) in [4.78, 5) is 26.3. The van der Waals surface area contributed by atoms with Crippen LogP contribution in [-0.4, -0.2) is 36.5 Å². The van der Waals surface area contributed by atoms with E-state index >= 15 is 0 Å². The average Bonchev–Trinajstić information content (AvgIpc) is 3.02. The van der Waals surface area contributed by atoms with Gasteiger partial charge in [0.05, 0.1) is 7.11 Å². The van der Waals surface area contributed by atoms with Crippen LogP contribution < -0.4 is 0 Å². The summed E-state index contributed by atoms with van der Waals surface area (Å²) in [7, 11) is 1.36. The topological polar surface area (TPSA) is 46.6 Å². The lowest BCUT2D eigenvalue weighted by Gasteiger charge is -2.23. The number of likely N-dealkylation sites (tertiary alicyclic amines) is 1. The molecule has 4 nitrogen and oxygen atoms in total. The minimum atomic E-state index is -0.457. The van der Waals surface area contributed by atoms with E-state index in [4.69, 9.17) is 4.74 Å². The second-order valence-electron chi connectivity index (χ2n) is 5.21. The molecule has 108 valence electrons. The summed E-state index contributed by atoms with van der Waals surface area (Å²) in [6.07, 6.45) is 1.50. The van der Waals surface area contributed by atoms with E-state index in [2.05, 4.69) is 0 Å². The van der Waals surface area contributed by atoms with Gasteiger partial charge in [0.1, 0.15) is 6.04 Å². The molecule has 0 N–H and O–H groups in total. The van der Waals surface area contributed by atoms with Gasteiger partial charge in [0.15, 0.2) is 0 Å². The Kier molecular flexibility index (Phi) is 3.60. The quantitative estimate of drug-likeness (QED) is 0.796. The molecule has 0 aliphatic carbocycles. The predicted molar refractivity (Wildman–Crippen MR) is 80.0 cm³/mol. The number of hydrogen-bond donors (Lipinski definition) is 0. The van der Waals surface area contributed by atoms with Gasteiger partial charge in [-0.2, -0.15) is 0 Å². The first-order valence-electron chi connectivity index (χ1n) is 7.09. The largest absolute Gasteiger partial charge is 0.467 e. The van der Waals surface area contributed by atoms with Crippen molar-refractivity contribution in [3.05, 3.63) is 48.0 Å². The van der Waals surface area contributed by atoms with E-state index < -0.39 is 6.04 Å². The highest BCUT2D eigenvalue weighted by Crippen LogP contribution is 2.25. The number of methoxy groups -OCH3 is 1. The molecule has 3 rings (SSSR count). The monoisotopic (exact) mass is 283 g/mol. The molecule has 1 heterocycles. The summed E-state index contributed by atoms with van der Waals surface area (Å²) < 4.78 is 4.81. The van der Waals surface area contributed by atoms with Gasteiger partial charge in [0, 0.05) is 12.1 Å². The number of benzene rings is 2. The molecule has 0 aromatic heterocycles. The van der Waals surface area contributed by atoms with Gasteiger partial charge in [-0.25, -0.2) is 4.79 Å². The van der Waals surface area contributed by atoms with Gasteiger partial charge in [-0.05, 0) is 29.7 Å². The van der Waals surface area contributed by atoms with Crippen molar-refractivity contribution in [2.45, 2.75) is 18.9 Å². The summed E-state index contributed by atoms with van der Waals surface area (Å²) in [6.45, 7) is 0.599. The molecule has 1 amide bonds. The number of fused-ring (bicyclic) bond motifs is 1. The van der Waals surface area contributed by atoms with Crippen molar-refractivity contribution >= 4 is 22.6 Å². The predicted octanol–water partition coefficient (Wildman–Crippen LogP) is 2.62. The van der Waals surface area contributed by atoms with Gasteiger partial charge in [-0.3, -0.25) is 4.79 Å². The van der Waals surface area contributed by atoms with E-state index in [0.717, 1.165) is 17.2 Å². The first-order valence-corrected chi connectivity index (χ1v) is 7.09. The number of nitrogens with zero attached hydrogens (tertiary/aromatic N) is 1. The van der Waals surface area contributed by atoms with Crippen molar-refractivity contribution in [1.29, 1.82) is 0 Å². The fourth-order valence-corrected chi connectivity index (χ4v) is 2.96. The van der Waals surface area contributed by atoms with Crippen LogP contribution in [0.1, 0.15) is 23.2 Å². The zero-order valence-corrected chi connectivity index (χ0v) is 11.9. The Labute approximate surface area is 123 Å². The smallest absolute Gasteiger partial charge is 0.328 e. The zero-order chi connectivity index (χ0) is 14.8. The van der Waals surface area contributed by atoms with Gasteiger partial charge in [-0.15, -0.1) is 0 Å². The van der Waals surface area contributed by atoms with E-state index in [0.29, 0.717) is 18.5 Å². The molecule has 0 radical (unpaired) electrons. The van der Waals surface area contributed by atoms with Gasteiger partial charge >= 0.3 is 5.97 Å². The van der Waals surface area contributed by atoms with Crippen LogP contribution in [0.3, 0.4) is 0 Å². The molecule has 0 spiro atoms. The first-order chi connectivity index (χ1) is 10.2. The summed E-state index contributed by atoms with van der Waals surface area (Å²) in [5.41, 5.74) is 0.643. The third-order valence-electron chi connectivity index (χ3n) is 4.01. The lowest BCUT2D eigenvalue weighted by atomic mass is 10.0. The van der Waals surface area contributed by atoms with Crippen molar-refractivity contribution < 1.29 is 14.3 Å². The number of rotatable bonds is 2. The number of carbonyl (C=O) groups is 2. The molecule has 1 atom stereocenters. The van der Waals surface area contributed by atoms with Gasteiger partial charge in [-0.1, -0.05) is 36.4 Å². The van der Waals surface area contributed by atoms with E-state index in [9.17, 15) is 9.59 Å². The van der Waals surface area contributed by atoms with E-state index in [-0.39, 0.29) is 11.9 Å². The first kappa shape index (κ1) is 13.6. The summed E-state index contributed by atoms with van der Waals surface area (Å²) in [5, 5.41) is 1.94. The van der Waals surface area contributed by atoms with Crippen molar-refractivity contribution in [3.8, 4) is 0 Å². The molecular formula is C17H17NO3. The second kappa shape index (κ2) is 5.56. The highest BCUT2D eigenvalue weighted by molar-refractivity contribution is 6.08. The summed E-state index contributed by atoms with van der Waals surface area (Å²) >= 11 is 0. The molecular weight excluding hydrogens is 266 g/mol. The van der Waals surface area contributed by atoms with E-state index in [1.807, 2.05) is 42.5 Å². The van der Waals surface area contributed by atoms with Crippen LogP contribution in [0, 0.1) is 0 Å². The Morgan fingerprint density at radius 2 is 1.90 bits per heavy atom. The second-order valence-corrected chi connectivity index (χ2v) is 5.21. The third kappa shape index (κ3) is 2.37. The Hall–Kier alpha value is -2.36. The molecule has 1 aliphatic heterocycles. The number of carbonyl (C=O) groups excluding carboxylic acids is 2. The van der Waals surface area contributed by atoms with Crippen molar-refractivity contribution in [3.63, 3.8) is 0 Å². The third-order valence-corrected chi connectivity index (χ3v) is 4.01. The van der Waals surface area contributed by atoms with Crippen LogP contribution in [0.15, 0.2) is 42.5 Å². The normalized spacial score (nSPS) is 18.0. The molecule has 0 unspecified atom stereocenters. The Balaban J connectivity index is 1.99. The molecule has 2 aromatic carbocycles. The maximum absolute atomic E-state index is 12.8. The van der Waals surface area contributed by atoms with Crippen LogP contribution in [-0.2, 0) is 9.53 Å². The SMILES string of the molecule is COC(=O)[C@@H]1CCCN1C(=O)c1cccc2ccccc12. The fourth-order valence-electron chi connectivity index (χ4n) is 2.96. The molecule has 4 heteroatoms. The minimum absolute atomic E-state index is 0.0975. The van der Waals surface area contributed by atoms with Crippen LogP contribution >= 0.6 is 0 Å². The van der Waals surface area contributed by atoms with Crippen LogP contribution in [0.4, 0.5) is 0 Å². The zero-order valence-electron chi connectivity index (χ0n) is 11.9. The van der Waals surface area contributed by atoms with E-state index in [1.165, 1.54) is 7.11 Å². The van der Waals surface area contributed by atoms with Gasteiger partial charge < -0.3 is 9.64 Å². The lowest BCUT2D eigenvalue weighted by Crippen LogP contribution is -2.41. The molecule has 1 saturated heterocycles. The molecule has 1 aliphatic rings. The fraction of sp³-hybridized carbons (Fsp3) is 0.294. The average molecular weight is 283 g/mol. The Bertz CT molecular complexity index is 690. The Morgan fingerprint density at radius 1 is 1.14 bits per heavy atom. The molecule has 1 fully saturated rings. The number of esters is 1. The van der Waals surface area contributed by atoms with Crippen LogP contribution in [0.5, 0.6) is 0 Å². The van der Waals surface area contributed by atoms with Gasteiger partial charge in [0.2, 0.25) is 0 Å². The molecule has 0 bridgehead atoms. The molecule has 2 aromatic rings. The van der Waals surface area contributed by atoms with E-state index in [1.54, 1.807) is 4.90 Å². The highest BCUT2D eigenvalue weighted by atomic mass is 16.5. The van der Waals surface area contributed by atoms with Crippen molar-refractivity contribution in [1.82, 2.24) is 4.90 Å². The van der Waals surface area contributed by atoms with Gasteiger partial charge in [0.25, 0.3) is 5.91 Å². The number of ether oxygens (including phenoxy) is 1. The lowest BCUT2D eigenvalue weighted by molar-refractivity contribution is -0.145. The van der Waals surface area contributed by atoms with Crippen LogP contribution in [0.2, 0.25) is 0 Å². The molecule has 21 heavy (non-hydrogen) atoms. The number of amides is 1. The minimum Gasteiger partial charge on any atom is -0.467 e. The van der Waals surface area contributed by atoms with Crippen molar-refractivity contribution in [2.75, 3.05) is 13.7 Å². The molecule has 0 saturated carbocycles.